The molecular formula is C19H10N2O6S2. The quantitative estimate of drug-likeness (QED) is 0.542. The average Bonchev–Trinajstić information content (AvgIpc) is 3.15. The molecule has 2 heterocycles. The second kappa shape index (κ2) is 6.76. The molecule has 29 heavy (non-hydrogen) atoms. The normalized spacial score (nSPS) is 12.6. The minimum absolute atomic E-state index is 0.0589. The minimum atomic E-state index is -1.33. The van der Waals surface area contributed by atoms with Gasteiger partial charge in [0.1, 0.15) is 4.88 Å². The van der Waals surface area contributed by atoms with Crippen LogP contribution in [0.1, 0.15) is 25.6 Å². The van der Waals surface area contributed by atoms with Crippen molar-refractivity contribution >= 4 is 47.0 Å². The molecule has 0 radical (unpaired) electrons. The summed E-state index contributed by atoms with van der Waals surface area (Å²) in [5, 5.41) is 30.4. The highest BCUT2D eigenvalue weighted by atomic mass is 32.1. The van der Waals surface area contributed by atoms with Crippen LogP contribution in [0.5, 0.6) is 5.88 Å². The topological polar surface area (TPSA) is 129 Å². The number of para-hydroxylation sites is 1. The molecule has 2 aromatic carbocycles. The molecule has 1 amide bonds. The number of carboxylic acid groups (broad SMARTS) is 2. The van der Waals surface area contributed by atoms with Gasteiger partial charge in [0.05, 0.1) is 27.7 Å². The Hall–Kier alpha value is -3.63. The summed E-state index contributed by atoms with van der Waals surface area (Å²) in [5.41, 5.74) is -0.317. The van der Waals surface area contributed by atoms with Gasteiger partial charge in [0.25, 0.3) is 5.91 Å². The maximum absolute atomic E-state index is 12.4. The van der Waals surface area contributed by atoms with Crippen LogP contribution in [-0.4, -0.2) is 37.7 Å². The number of aromatic nitrogens is 1. The third kappa shape index (κ3) is 3.04. The molecule has 0 fully saturated rings. The number of carbonyl (C=O) groups excluding carboxylic acids is 1. The number of aromatic hydroxyl groups is 1. The molecule has 4 rings (SSSR count). The van der Waals surface area contributed by atoms with Crippen LogP contribution < -0.4 is 10.6 Å². The molecule has 1 aliphatic rings. The number of fused-ring (bicyclic) bond motifs is 1. The molecule has 0 bridgehead atoms. The molecule has 8 nitrogen and oxygen atoms in total. The van der Waals surface area contributed by atoms with Crippen LogP contribution in [0, 0.1) is 3.95 Å². The molecule has 3 aromatic rings. The van der Waals surface area contributed by atoms with E-state index in [4.69, 9.17) is 12.2 Å². The van der Waals surface area contributed by atoms with Crippen molar-refractivity contribution in [2.45, 2.75) is 0 Å². The first kappa shape index (κ1) is 18.7. The van der Waals surface area contributed by atoms with Gasteiger partial charge >= 0.3 is 11.9 Å². The molecule has 1 aromatic heterocycles. The van der Waals surface area contributed by atoms with Crippen molar-refractivity contribution in [3.63, 3.8) is 0 Å². The molecule has 0 saturated heterocycles. The second-order valence-electron chi connectivity index (χ2n) is 6.04. The van der Waals surface area contributed by atoms with Crippen LogP contribution in [0.25, 0.3) is 11.3 Å². The number of aromatic carboxylic acids is 2. The van der Waals surface area contributed by atoms with Gasteiger partial charge in [-0.1, -0.05) is 18.2 Å². The zero-order valence-electron chi connectivity index (χ0n) is 14.3. The highest BCUT2D eigenvalue weighted by Crippen LogP contribution is 2.35. The van der Waals surface area contributed by atoms with Gasteiger partial charge in [-0.25, -0.2) is 14.6 Å². The predicted molar refractivity (Wildman–Crippen MR) is 105 cm³/mol. The lowest BCUT2D eigenvalue weighted by Crippen LogP contribution is -2.22. The van der Waals surface area contributed by atoms with E-state index in [2.05, 4.69) is 4.99 Å². The summed E-state index contributed by atoms with van der Waals surface area (Å²) >= 11 is 6.25. The van der Waals surface area contributed by atoms with E-state index in [1.54, 1.807) is 24.3 Å². The summed E-state index contributed by atoms with van der Waals surface area (Å²) in [6, 6.07) is 10.2. The molecule has 3 N–H and O–H groups in total. The SMILES string of the molecule is O=C1N=c2ccccc2=C1c1sc(=S)n(-c2cc(C(=O)O)cc(C(=O)O)c2)c1O. The van der Waals surface area contributed by atoms with Crippen molar-refractivity contribution in [1.82, 2.24) is 4.57 Å². The third-order valence-corrected chi connectivity index (χ3v) is 5.67. The second-order valence-corrected chi connectivity index (χ2v) is 7.69. The fraction of sp³-hybridized carbons (Fsp3) is 0. The molecule has 0 spiro atoms. The van der Waals surface area contributed by atoms with E-state index in [0.29, 0.717) is 10.6 Å². The van der Waals surface area contributed by atoms with Crippen LogP contribution in [0.15, 0.2) is 47.5 Å². The van der Waals surface area contributed by atoms with Crippen molar-refractivity contribution < 1.29 is 29.7 Å². The Labute approximate surface area is 171 Å². The van der Waals surface area contributed by atoms with Gasteiger partial charge in [-0.2, -0.15) is 0 Å². The molecule has 1 aliphatic heterocycles. The van der Waals surface area contributed by atoms with Gasteiger partial charge in [0.2, 0.25) is 5.88 Å². The van der Waals surface area contributed by atoms with Gasteiger partial charge in [-0.15, -0.1) is 11.3 Å². The molecule has 0 aliphatic carbocycles. The lowest BCUT2D eigenvalue weighted by Gasteiger charge is -2.08. The number of carbonyl (C=O) groups is 3. The summed E-state index contributed by atoms with van der Waals surface area (Å²) < 4.78 is 1.25. The van der Waals surface area contributed by atoms with E-state index >= 15 is 0 Å². The minimum Gasteiger partial charge on any atom is -0.493 e. The zero-order chi connectivity index (χ0) is 20.9. The van der Waals surface area contributed by atoms with Gasteiger partial charge in [-0.05, 0) is 36.5 Å². The number of amides is 1. The number of rotatable bonds is 4. The monoisotopic (exact) mass is 426 g/mol. The van der Waals surface area contributed by atoms with Crippen LogP contribution in [0.3, 0.4) is 0 Å². The molecule has 144 valence electrons. The van der Waals surface area contributed by atoms with E-state index in [9.17, 15) is 29.7 Å². The Morgan fingerprint density at radius 3 is 2.28 bits per heavy atom. The van der Waals surface area contributed by atoms with E-state index in [1.807, 2.05) is 0 Å². The fourth-order valence-corrected chi connectivity index (χ4v) is 4.41. The van der Waals surface area contributed by atoms with Gasteiger partial charge < -0.3 is 15.3 Å². The van der Waals surface area contributed by atoms with Gasteiger partial charge in [0, 0.05) is 5.22 Å². The highest BCUT2D eigenvalue weighted by molar-refractivity contribution is 7.73. The van der Waals surface area contributed by atoms with Gasteiger partial charge in [0.15, 0.2) is 3.95 Å². The first-order chi connectivity index (χ1) is 13.8. The van der Waals surface area contributed by atoms with E-state index in [0.717, 1.165) is 22.0 Å². The number of hydrogen-bond acceptors (Lipinski definition) is 6. The maximum atomic E-state index is 12.4. The fourth-order valence-electron chi connectivity index (χ4n) is 3.03. The Morgan fingerprint density at radius 1 is 1.03 bits per heavy atom. The summed E-state index contributed by atoms with van der Waals surface area (Å²) in [7, 11) is 0. The van der Waals surface area contributed by atoms with Crippen molar-refractivity contribution in [1.29, 1.82) is 0 Å². The standard InChI is InChI=1S/C19H10N2O6S2/c22-15-13(11-3-1-2-4-12(11)20-15)14-16(23)21(19(28)29-14)10-6-8(17(24)25)5-9(7-10)18(26)27/h1-7,23H,(H,24,25)(H,26,27). The first-order valence-corrected chi connectivity index (χ1v) is 9.30. The van der Waals surface area contributed by atoms with Crippen LogP contribution in [0.4, 0.5) is 0 Å². The molecule has 0 atom stereocenters. The van der Waals surface area contributed by atoms with Crippen molar-refractivity contribution in [2.75, 3.05) is 0 Å². The number of benzene rings is 2. The number of carboxylic acids is 2. The average molecular weight is 426 g/mol. The number of nitrogens with zero attached hydrogens (tertiary/aromatic N) is 2. The highest BCUT2D eigenvalue weighted by Gasteiger charge is 2.26. The van der Waals surface area contributed by atoms with E-state index in [-0.39, 0.29) is 31.2 Å². The summed E-state index contributed by atoms with van der Waals surface area (Å²) in [5.74, 6) is -3.59. The lowest BCUT2D eigenvalue weighted by atomic mass is 10.1. The molecule has 0 unspecified atom stereocenters. The first-order valence-electron chi connectivity index (χ1n) is 8.07. The lowest BCUT2D eigenvalue weighted by molar-refractivity contribution is -0.112. The molecule has 0 saturated carbocycles. The predicted octanol–water partition coefficient (Wildman–Crippen LogP) is 1.73. The van der Waals surface area contributed by atoms with E-state index < -0.39 is 23.7 Å². The van der Waals surface area contributed by atoms with Crippen molar-refractivity contribution in [2.24, 2.45) is 4.99 Å². The zero-order valence-corrected chi connectivity index (χ0v) is 16.0. The van der Waals surface area contributed by atoms with E-state index in [1.165, 1.54) is 12.1 Å². The summed E-state index contributed by atoms with van der Waals surface area (Å²) in [6.45, 7) is 0. The molecule has 10 heteroatoms. The summed E-state index contributed by atoms with van der Waals surface area (Å²) in [6.07, 6.45) is 0. The third-order valence-electron chi connectivity index (χ3n) is 4.29. The largest absolute Gasteiger partial charge is 0.493 e. The van der Waals surface area contributed by atoms with Crippen LogP contribution in [-0.2, 0) is 4.79 Å². The molecular weight excluding hydrogens is 416 g/mol. The maximum Gasteiger partial charge on any atom is 0.335 e. The van der Waals surface area contributed by atoms with Crippen molar-refractivity contribution in [3.8, 4) is 11.6 Å². The van der Waals surface area contributed by atoms with Crippen LogP contribution in [0.2, 0.25) is 0 Å². The Kier molecular flexibility index (Phi) is 4.36. The number of hydrogen-bond donors (Lipinski definition) is 3. The number of thiazole rings is 1. The van der Waals surface area contributed by atoms with Gasteiger partial charge in [-0.3, -0.25) is 9.36 Å². The smallest absolute Gasteiger partial charge is 0.335 e. The Bertz CT molecular complexity index is 1380. The summed E-state index contributed by atoms with van der Waals surface area (Å²) in [4.78, 5) is 39.3. The Balaban J connectivity index is 2.00. The van der Waals surface area contributed by atoms with Crippen molar-refractivity contribution in [3.05, 3.63) is 73.0 Å². The Morgan fingerprint density at radius 2 is 1.66 bits per heavy atom. The van der Waals surface area contributed by atoms with Crippen LogP contribution >= 0.6 is 23.6 Å².